The standard InChI is InChI=1S/C24H32N6O3/c1-15(22-28-13-14-29-22)21(25)17-7-9-18(10-8-17)23(31)30-20(24(32)33)6-4-11-26-16(2)19-5-3-12-27-19/h3,5,7-10,12-16,20-21,26-27H,4,6,11,25H2,1-2H3,(H,28,29)(H,30,31)(H,32,33)/t15?,16?,20-,21?/m0/s1. The number of nitrogens with zero attached hydrogens (tertiary/aromatic N) is 1. The molecule has 3 unspecified atom stereocenters. The average molecular weight is 453 g/mol. The molecule has 0 bridgehead atoms. The molecule has 0 aliphatic heterocycles. The molecule has 7 N–H and O–H groups in total. The van der Waals surface area contributed by atoms with Gasteiger partial charge in [0.05, 0.1) is 0 Å². The number of nitrogens with two attached hydrogens (primary N) is 1. The number of H-pyrrole nitrogens is 2. The van der Waals surface area contributed by atoms with Crippen LogP contribution < -0.4 is 16.4 Å². The van der Waals surface area contributed by atoms with Crippen LogP contribution >= 0.6 is 0 Å². The number of nitrogens with one attached hydrogen (secondary N) is 4. The van der Waals surface area contributed by atoms with Crippen molar-refractivity contribution in [3.63, 3.8) is 0 Å². The second-order valence-corrected chi connectivity index (χ2v) is 8.22. The van der Waals surface area contributed by atoms with E-state index < -0.39 is 17.9 Å². The molecule has 0 spiro atoms. The summed E-state index contributed by atoms with van der Waals surface area (Å²) in [5.41, 5.74) is 8.68. The van der Waals surface area contributed by atoms with E-state index in [1.54, 1.807) is 36.7 Å². The molecule has 0 saturated carbocycles. The lowest BCUT2D eigenvalue weighted by atomic mass is 9.94. The Labute approximate surface area is 193 Å². The minimum absolute atomic E-state index is 0.0237. The van der Waals surface area contributed by atoms with Crippen LogP contribution in [0.1, 0.15) is 72.1 Å². The van der Waals surface area contributed by atoms with Gasteiger partial charge in [-0.15, -0.1) is 0 Å². The minimum Gasteiger partial charge on any atom is -0.480 e. The van der Waals surface area contributed by atoms with Crippen molar-refractivity contribution in [2.45, 2.75) is 50.7 Å². The molecule has 0 radical (unpaired) electrons. The SMILES string of the molecule is CC(NCCC[C@H](NC(=O)c1ccc(C(N)C(C)c2ncc[nH]2)cc1)C(=O)O)c1ccc[nH]1. The van der Waals surface area contributed by atoms with Crippen LogP contribution in [0.15, 0.2) is 55.0 Å². The predicted octanol–water partition coefficient (Wildman–Crippen LogP) is 2.86. The van der Waals surface area contributed by atoms with Crippen LogP contribution in [-0.2, 0) is 4.79 Å². The maximum atomic E-state index is 12.6. The summed E-state index contributed by atoms with van der Waals surface area (Å²) in [6.07, 6.45) is 6.24. The van der Waals surface area contributed by atoms with E-state index in [2.05, 4.69) is 25.6 Å². The summed E-state index contributed by atoms with van der Waals surface area (Å²) in [5.74, 6) is -0.698. The second-order valence-electron chi connectivity index (χ2n) is 8.22. The van der Waals surface area contributed by atoms with Gasteiger partial charge in [0, 0.05) is 47.8 Å². The monoisotopic (exact) mass is 452 g/mol. The molecule has 2 heterocycles. The van der Waals surface area contributed by atoms with E-state index >= 15 is 0 Å². The first-order valence-electron chi connectivity index (χ1n) is 11.1. The smallest absolute Gasteiger partial charge is 0.326 e. The Morgan fingerprint density at radius 1 is 1.12 bits per heavy atom. The zero-order valence-corrected chi connectivity index (χ0v) is 18.9. The number of carbonyl (C=O) groups is 2. The number of carboxylic acid groups (broad SMARTS) is 1. The van der Waals surface area contributed by atoms with Gasteiger partial charge < -0.3 is 31.4 Å². The van der Waals surface area contributed by atoms with Crippen LogP contribution in [0, 0.1) is 0 Å². The molecule has 2 aromatic heterocycles. The highest BCUT2D eigenvalue weighted by molar-refractivity contribution is 5.96. The molecule has 1 aromatic carbocycles. The number of benzene rings is 1. The molecular weight excluding hydrogens is 420 g/mol. The first-order valence-corrected chi connectivity index (χ1v) is 11.1. The normalized spacial score (nSPS) is 14.9. The number of aromatic amines is 2. The van der Waals surface area contributed by atoms with E-state index in [9.17, 15) is 14.7 Å². The lowest BCUT2D eigenvalue weighted by Gasteiger charge is -2.19. The molecule has 9 nitrogen and oxygen atoms in total. The van der Waals surface area contributed by atoms with Crippen molar-refractivity contribution in [3.8, 4) is 0 Å². The van der Waals surface area contributed by atoms with Crippen LogP contribution in [-0.4, -0.2) is 44.5 Å². The van der Waals surface area contributed by atoms with Crippen molar-refractivity contribution in [1.29, 1.82) is 0 Å². The van der Waals surface area contributed by atoms with Crippen LogP contribution in [0.2, 0.25) is 0 Å². The highest BCUT2D eigenvalue weighted by Crippen LogP contribution is 2.26. The average Bonchev–Trinajstić information content (AvgIpc) is 3.54. The number of rotatable bonds is 12. The third-order valence-corrected chi connectivity index (χ3v) is 5.86. The number of amides is 1. The molecule has 0 aliphatic rings. The van der Waals surface area contributed by atoms with Crippen LogP contribution in [0.5, 0.6) is 0 Å². The van der Waals surface area contributed by atoms with Gasteiger partial charge in [0.1, 0.15) is 11.9 Å². The van der Waals surface area contributed by atoms with Crippen molar-refractivity contribution in [2.75, 3.05) is 6.54 Å². The number of hydrogen-bond donors (Lipinski definition) is 6. The molecule has 0 fully saturated rings. The van der Waals surface area contributed by atoms with Crippen molar-refractivity contribution in [3.05, 3.63) is 77.6 Å². The van der Waals surface area contributed by atoms with E-state index in [-0.39, 0.29) is 18.0 Å². The molecular formula is C24H32N6O3. The number of carbonyl (C=O) groups excluding carboxylic acids is 1. The topological polar surface area (TPSA) is 149 Å². The molecule has 3 aromatic rings. The lowest BCUT2D eigenvalue weighted by molar-refractivity contribution is -0.139. The Kier molecular flexibility index (Phi) is 8.39. The largest absolute Gasteiger partial charge is 0.480 e. The van der Waals surface area contributed by atoms with Gasteiger partial charge >= 0.3 is 5.97 Å². The Bertz CT molecular complexity index is 1000. The van der Waals surface area contributed by atoms with Gasteiger partial charge in [-0.05, 0) is 56.1 Å². The Balaban J connectivity index is 1.50. The van der Waals surface area contributed by atoms with E-state index in [1.807, 2.05) is 32.2 Å². The number of aliphatic carboxylic acids is 1. The molecule has 3 rings (SSSR count). The summed E-state index contributed by atoms with van der Waals surface area (Å²) < 4.78 is 0. The van der Waals surface area contributed by atoms with E-state index in [0.717, 1.165) is 17.1 Å². The van der Waals surface area contributed by atoms with Gasteiger partial charge in [-0.3, -0.25) is 4.79 Å². The predicted molar refractivity (Wildman–Crippen MR) is 126 cm³/mol. The Morgan fingerprint density at radius 2 is 1.88 bits per heavy atom. The summed E-state index contributed by atoms with van der Waals surface area (Å²) in [4.78, 5) is 34.7. The van der Waals surface area contributed by atoms with Crippen molar-refractivity contribution < 1.29 is 14.7 Å². The molecule has 33 heavy (non-hydrogen) atoms. The fourth-order valence-corrected chi connectivity index (χ4v) is 3.69. The maximum Gasteiger partial charge on any atom is 0.326 e. The van der Waals surface area contributed by atoms with Crippen LogP contribution in [0.25, 0.3) is 0 Å². The summed E-state index contributed by atoms with van der Waals surface area (Å²) in [6, 6.07) is 9.73. The Morgan fingerprint density at radius 3 is 2.48 bits per heavy atom. The van der Waals surface area contributed by atoms with Crippen molar-refractivity contribution >= 4 is 11.9 Å². The van der Waals surface area contributed by atoms with Gasteiger partial charge in [-0.2, -0.15) is 0 Å². The van der Waals surface area contributed by atoms with Gasteiger partial charge in [0.15, 0.2) is 0 Å². The fourth-order valence-electron chi connectivity index (χ4n) is 3.69. The number of hydrogen-bond acceptors (Lipinski definition) is 5. The number of aromatic nitrogens is 3. The molecule has 0 aliphatic carbocycles. The zero-order chi connectivity index (χ0) is 23.8. The van der Waals surface area contributed by atoms with Crippen LogP contribution in [0.4, 0.5) is 0 Å². The third-order valence-electron chi connectivity index (χ3n) is 5.86. The summed E-state index contributed by atoms with van der Waals surface area (Å²) >= 11 is 0. The second kappa shape index (κ2) is 11.4. The van der Waals surface area contributed by atoms with Crippen LogP contribution in [0.3, 0.4) is 0 Å². The zero-order valence-electron chi connectivity index (χ0n) is 18.9. The number of imidazole rings is 1. The number of carboxylic acids is 1. The maximum absolute atomic E-state index is 12.6. The highest BCUT2D eigenvalue weighted by atomic mass is 16.4. The van der Waals surface area contributed by atoms with E-state index in [4.69, 9.17) is 5.73 Å². The lowest BCUT2D eigenvalue weighted by Crippen LogP contribution is -2.41. The first kappa shape index (κ1) is 24.2. The summed E-state index contributed by atoms with van der Waals surface area (Å²) in [6.45, 7) is 4.66. The van der Waals surface area contributed by atoms with Crippen molar-refractivity contribution in [1.82, 2.24) is 25.6 Å². The first-order chi connectivity index (χ1) is 15.9. The van der Waals surface area contributed by atoms with E-state index in [1.165, 1.54) is 0 Å². The van der Waals surface area contributed by atoms with Gasteiger partial charge in [-0.1, -0.05) is 19.1 Å². The van der Waals surface area contributed by atoms with Gasteiger partial charge in [0.25, 0.3) is 5.91 Å². The van der Waals surface area contributed by atoms with Crippen molar-refractivity contribution in [2.24, 2.45) is 5.73 Å². The molecule has 4 atom stereocenters. The van der Waals surface area contributed by atoms with Gasteiger partial charge in [0.2, 0.25) is 0 Å². The Hall–Kier alpha value is -3.43. The van der Waals surface area contributed by atoms with E-state index in [0.29, 0.717) is 24.9 Å². The minimum atomic E-state index is -1.05. The summed E-state index contributed by atoms with van der Waals surface area (Å²) in [5, 5.41) is 15.5. The quantitative estimate of drug-likeness (QED) is 0.233. The molecule has 9 heteroatoms. The third kappa shape index (κ3) is 6.53. The summed E-state index contributed by atoms with van der Waals surface area (Å²) in [7, 11) is 0. The van der Waals surface area contributed by atoms with Gasteiger partial charge in [-0.25, -0.2) is 9.78 Å². The fraction of sp³-hybridized carbons (Fsp3) is 0.375. The molecule has 1 amide bonds. The molecule has 0 saturated heterocycles. The highest BCUT2D eigenvalue weighted by Gasteiger charge is 2.22. The molecule has 176 valence electrons.